The van der Waals surface area contributed by atoms with Crippen LogP contribution in [-0.4, -0.2) is 26.5 Å². The lowest BCUT2D eigenvalue weighted by Crippen LogP contribution is -2.17. The summed E-state index contributed by atoms with van der Waals surface area (Å²) < 4.78 is 28.1. The Morgan fingerprint density at radius 1 is 1.14 bits per heavy atom. The Balaban J connectivity index is 1.67. The Morgan fingerprint density at radius 2 is 1.83 bits per heavy atom. The standard InChI is InChI=1S/C20H21F2N5OS/c1-20(2,3)13-6-4-12(5-7-13)18-25-26-19(27(18)23)29-11-17(28)24-16-10-14(21)8-9-15(16)22/h4-10H,11,23H2,1-3H3,(H,24,28). The smallest absolute Gasteiger partial charge is 0.234 e. The Labute approximate surface area is 171 Å². The van der Waals surface area contributed by atoms with Gasteiger partial charge in [0.1, 0.15) is 11.6 Å². The van der Waals surface area contributed by atoms with E-state index in [-0.39, 0.29) is 16.9 Å². The number of rotatable bonds is 5. The predicted molar refractivity (Wildman–Crippen MR) is 110 cm³/mol. The Bertz CT molecular complexity index is 1030. The molecule has 2 aromatic carbocycles. The number of thioether (sulfide) groups is 1. The number of anilines is 1. The highest BCUT2D eigenvalue weighted by Gasteiger charge is 2.17. The summed E-state index contributed by atoms with van der Waals surface area (Å²) in [4.78, 5) is 12.0. The van der Waals surface area contributed by atoms with Crippen LogP contribution in [-0.2, 0) is 10.2 Å². The number of amides is 1. The van der Waals surface area contributed by atoms with Crippen LogP contribution < -0.4 is 11.2 Å². The van der Waals surface area contributed by atoms with Crippen molar-refractivity contribution in [1.82, 2.24) is 14.9 Å². The molecule has 0 aliphatic heterocycles. The maximum absolute atomic E-state index is 13.6. The van der Waals surface area contributed by atoms with E-state index in [4.69, 9.17) is 5.84 Å². The molecule has 0 aliphatic carbocycles. The van der Waals surface area contributed by atoms with E-state index in [0.29, 0.717) is 11.0 Å². The number of halogens is 2. The zero-order valence-electron chi connectivity index (χ0n) is 16.2. The molecule has 9 heteroatoms. The van der Waals surface area contributed by atoms with Gasteiger partial charge in [-0.2, -0.15) is 0 Å². The fourth-order valence-electron chi connectivity index (χ4n) is 2.60. The van der Waals surface area contributed by atoms with Gasteiger partial charge in [-0.25, -0.2) is 13.5 Å². The molecule has 3 aromatic rings. The summed E-state index contributed by atoms with van der Waals surface area (Å²) in [7, 11) is 0. The summed E-state index contributed by atoms with van der Waals surface area (Å²) in [6.07, 6.45) is 0. The molecule has 0 saturated heterocycles. The SMILES string of the molecule is CC(C)(C)c1ccc(-c2nnc(SCC(=O)Nc3cc(F)ccc3F)n2N)cc1. The fraction of sp³-hybridized carbons (Fsp3) is 0.250. The van der Waals surface area contributed by atoms with Gasteiger partial charge < -0.3 is 11.2 Å². The number of hydrogen-bond donors (Lipinski definition) is 2. The zero-order valence-corrected chi connectivity index (χ0v) is 17.1. The Kier molecular flexibility index (Phi) is 5.88. The zero-order chi connectivity index (χ0) is 21.2. The number of carbonyl (C=O) groups is 1. The van der Waals surface area contributed by atoms with Gasteiger partial charge in [-0.05, 0) is 23.1 Å². The lowest BCUT2D eigenvalue weighted by Gasteiger charge is -2.19. The number of nitrogens with two attached hydrogens (primary N) is 1. The molecule has 3 rings (SSSR count). The third-order valence-corrected chi connectivity index (χ3v) is 5.15. The minimum Gasteiger partial charge on any atom is -0.335 e. The topological polar surface area (TPSA) is 85.8 Å². The Morgan fingerprint density at radius 3 is 2.48 bits per heavy atom. The molecule has 152 valence electrons. The van der Waals surface area contributed by atoms with Crippen LogP contribution in [0.5, 0.6) is 0 Å². The first-order valence-electron chi connectivity index (χ1n) is 8.84. The van der Waals surface area contributed by atoms with Gasteiger partial charge in [0.15, 0.2) is 5.82 Å². The molecule has 6 nitrogen and oxygen atoms in total. The van der Waals surface area contributed by atoms with Crippen LogP contribution in [0.25, 0.3) is 11.4 Å². The lowest BCUT2D eigenvalue weighted by atomic mass is 9.87. The average Bonchev–Trinajstić information content (AvgIpc) is 3.03. The van der Waals surface area contributed by atoms with Crippen molar-refractivity contribution in [3.63, 3.8) is 0 Å². The molecule has 1 amide bonds. The van der Waals surface area contributed by atoms with Crippen LogP contribution >= 0.6 is 11.8 Å². The van der Waals surface area contributed by atoms with Gasteiger partial charge in [-0.15, -0.1) is 10.2 Å². The van der Waals surface area contributed by atoms with E-state index in [1.807, 2.05) is 24.3 Å². The molecule has 1 aromatic heterocycles. The molecule has 0 unspecified atom stereocenters. The van der Waals surface area contributed by atoms with Crippen molar-refractivity contribution in [2.75, 3.05) is 16.9 Å². The molecule has 0 fully saturated rings. The number of hydrogen-bond acceptors (Lipinski definition) is 5. The molecule has 0 radical (unpaired) electrons. The second-order valence-corrected chi connectivity index (χ2v) is 8.41. The highest BCUT2D eigenvalue weighted by Crippen LogP contribution is 2.26. The van der Waals surface area contributed by atoms with Gasteiger partial charge in [-0.1, -0.05) is 56.8 Å². The van der Waals surface area contributed by atoms with Crippen molar-refractivity contribution < 1.29 is 13.6 Å². The molecular formula is C20H21F2N5OS. The van der Waals surface area contributed by atoms with Gasteiger partial charge in [0.25, 0.3) is 0 Å². The van der Waals surface area contributed by atoms with Gasteiger partial charge in [0.05, 0.1) is 11.4 Å². The minimum absolute atomic E-state index is 0.0322. The molecule has 1 heterocycles. The van der Waals surface area contributed by atoms with Crippen molar-refractivity contribution in [3.05, 3.63) is 59.7 Å². The molecular weight excluding hydrogens is 396 g/mol. The predicted octanol–water partition coefficient (Wildman–Crippen LogP) is 3.97. The van der Waals surface area contributed by atoms with E-state index >= 15 is 0 Å². The summed E-state index contributed by atoms with van der Waals surface area (Å²) in [5, 5.41) is 10.8. The first-order chi connectivity index (χ1) is 13.6. The summed E-state index contributed by atoms with van der Waals surface area (Å²) in [5.74, 6) is 4.57. The van der Waals surface area contributed by atoms with Gasteiger partial charge in [0.2, 0.25) is 11.1 Å². The van der Waals surface area contributed by atoms with Crippen LogP contribution in [0, 0.1) is 11.6 Å². The van der Waals surface area contributed by atoms with E-state index < -0.39 is 17.5 Å². The molecule has 0 aliphatic rings. The first kappa shape index (κ1) is 20.8. The van der Waals surface area contributed by atoms with Crippen LogP contribution in [0.1, 0.15) is 26.3 Å². The van der Waals surface area contributed by atoms with E-state index in [9.17, 15) is 13.6 Å². The highest BCUT2D eigenvalue weighted by molar-refractivity contribution is 7.99. The molecule has 0 saturated carbocycles. The van der Waals surface area contributed by atoms with Crippen molar-refractivity contribution in [2.24, 2.45) is 0 Å². The number of carbonyl (C=O) groups excluding carboxylic acids is 1. The number of benzene rings is 2. The monoisotopic (exact) mass is 417 g/mol. The van der Waals surface area contributed by atoms with Crippen molar-refractivity contribution in [1.29, 1.82) is 0 Å². The van der Waals surface area contributed by atoms with Crippen molar-refractivity contribution >= 4 is 23.4 Å². The van der Waals surface area contributed by atoms with Crippen molar-refractivity contribution in [2.45, 2.75) is 31.3 Å². The summed E-state index contributed by atoms with van der Waals surface area (Å²) in [5.41, 5.74) is 1.79. The quantitative estimate of drug-likeness (QED) is 0.485. The maximum Gasteiger partial charge on any atom is 0.234 e. The number of aromatic nitrogens is 3. The van der Waals surface area contributed by atoms with Gasteiger partial charge in [0, 0.05) is 11.6 Å². The largest absolute Gasteiger partial charge is 0.335 e. The highest BCUT2D eigenvalue weighted by atomic mass is 32.2. The molecule has 0 atom stereocenters. The lowest BCUT2D eigenvalue weighted by molar-refractivity contribution is -0.113. The van der Waals surface area contributed by atoms with E-state index in [1.54, 1.807) is 0 Å². The molecule has 3 N–H and O–H groups in total. The number of nitrogen functional groups attached to an aromatic ring is 1. The summed E-state index contributed by atoms with van der Waals surface area (Å²) in [6, 6.07) is 10.7. The normalized spacial score (nSPS) is 11.5. The van der Waals surface area contributed by atoms with Gasteiger partial charge in [-0.3, -0.25) is 4.79 Å². The Hall–Kier alpha value is -2.94. The first-order valence-corrected chi connectivity index (χ1v) is 9.83. The molecule has 29 heavy (non-hydrogen) atoms. The minimum atomic E-state index is -0.715. The average molecular weight is 417 g/mol. The van der Waals surface area contributed by atoms with Crippen molar-refractivity contribution in [3.8, 4) is 11.4 Å². The second kappa shape index (κ2) is 8.20. The van der Waals surface area contributed by atoms with Gasteiger partial charge >= 0.3 is 0 Å². The van der Waals surface area contributed by atoms with E-state index in [1.165, 1.54) is 10.2 Å². The number of nitrogens with zero attached hydrogens (tertiary/aromatic N) is 3. The third-order valence-electron chi connectivity index (χ3n) is 4.21. The maximum atomic E-state index is 13.6. The van der Waals surface area contributed by atoms with E-state index in [2.05, 4.69) is 36.3 Å². The number of nitrogens with one attached hydrogen (secondary N) is 1. The summed E-state index contributed by atoms with van der Waals surface area (Å²) in [6.45, 7) is 6.38. The third kappa shape index (κ3) is 4.92. The van der Waals surface area contributed by atoms with Crippen LogP contribution in [0.4, 0.5) is 14.5 Å². The van der Waals surface area contributed by atoms with Crippen LogP contribution in [0.2, 0.25) is 0 Å². The van der Waals surface area contributed by atoms with Crippen LogP contribution in [0.3, 0.4) is 0 Å². The molecule has 0 bridgehead atoms. The van der Waals surface area contributed by atoms with Crippen LogP contribution in [0.15, 0.2) is 47.6 Å². The fourth-order valence-corrected chi connectivity index (χ4v) is 3.26. The van der Waals surface area contributed by atoms with E-state index in [0.717, 1.165) is 35.5 Å². The molecule has 0 spiro atoms. The second-order valence-electron chi connectivity index (χ2n) is 7.46. The summed E-state index contributed by atoms with van der Waals surface area (Å²) >= 11 is 1.04.